The number of amides is 1. The molecule has 2 saturated carbocycles. The van der Waals surface area contributed by atoms with Gasteiger partial charge >= 0.3 is 30.0 Å². The smallest absolute Gasteiger partial charge is 0.408 e. The van der Waals surface area contributed by atoms with Gasteiger partial charge in [0.1, 0.15) is 41.9 Å². The molecule has 0 aromatic heterocycles. The molecule has 15 nitrogen and oxygen atoms in total. The first-order valence-corrected chi connectivity index (χ1v) is 20.1. The highest BCUT2D eigenvalue weighted by atomic mass is 16.6. The normalized spacial score (nSPS) is 32.5. The van der Waals surface area contributed by atoms with E-state index in [-0.39, 0.29) is 24.2 Å². The van der Waals surface area contributed by atoms with Crippen LogP contribution in [0.2, 0.25) is 0 Å². The quantitative estimate of drug-likeness (QED) is 0.128. The van der Waals surface area contributed by atoms with Crippen molar-refractivity contribution >= 4 is 36.3 Å². The van der Waals surface area contributed by atoms with E-state index in [2.05, 4.69) is 5.32 Å². The van der Waals surface area contributed by atoms with Crippen LogP contribution in [0.1, 0.15) is 97.1 Å². The van der Waals surface area contributed by atoms with E-state index in [1.165, 1.54) is 26.0 Å². The number of aliphatic hydroxyl groups excluding tert-OH is 1. The summed E-state index contributed by atoms with van der Waals surface area (Å²) in [5.74, 6) is -5.68. The van der Waals surface area contributed by atoms with Crippen molar-refractivity contribution in [2.45, 2.75) is 129 Å². The summed E-state index contributed by atoms with van der Waals surface area (Å²) in [6, 6.07) is 14.8. The SMILES string of the molecule is CC(=O)O[C@@H]1C2=C(C)[C@@H](OC(=O)[C@H](O)[C@@H](NC(=O)OC(C)(C)C)c3ccccc3)C[C@@](O)([C@@H](OC(=O)c3ccccc3)[C@@H]3[C@]4(OC(C)=O)CO[C@@H]4C[C@H](C)[C@@]13C=O)C2(C)C. The Morgan fingerprint density at radius 1 is 0.933 bits per heavy atom. The number of rotatable bonds is 10. The van der Waals surface area contributed by atoms with Gasteiger partial charge in [0.2, 0.25) is 0 Å². The number of benzene rings is 2. The van der Waals surface area contributed by atoms with Gasteiger partial charge in [-0.25, -0.2) is 14.4 Å². The molecule has 0 unspecified atom stereocenters. The number of esters is 4. The number of ether oxygens (including phenoxy) is 6. The standard InChI is InChI=1S/C45H55NO14/c1-24-20-31-44(23-55-31,59-27(4)49)35-37(58-38(51)29-18-14-11-15-19-29)45(54)21-30(25(2)32(42(45,8)9)36(56-26(3)48)43(24,35)22-47)57-39(52)34(50)33(28-16-12-10-13-17-28)46-40(53)60-41(5,6)7/h10-19,22,24,30-31,33-37,50,54H,20-21,23H2,1-9H3,(H,46,53)/t24-,30-,31+,33-,34+,35-,36+,37-,43+,44-,45+/m0/s1. The summed E-state index contributed by atoms with van der Waals surface area (Å²) in [5, 5.41) is 27.9. The van der Waals surface area contributed by atoms with Gasteiger partial charge < -0.3 is 48.7 Å². The average molecular weight is 834 g/mol. The number of nitrogens with one attached hydrogen (secondary N) is 1. The third kappa shape index (κ3) is 7.49. The number of aldehydes is 1. The third-order valence-corrected chi connectivity index (χ3v) is 12.9. The Morgan fingerprint density at radius 2 is 1.55 bits per heavy atom. The van der Waals surface area contributed by atoms with Gasteiger partial charge in [0.25, 0.3) is 0 Å². The Hall–Kier alpha value is -5.12. The molecule has 2 aromatic carbocycles. The summed E-state index contributed by atoms with van der Waals surface area (Å²) < 4.78 is 36.3. The van der Waals surface area contributed by atoms with E-state index < -0.39 is 112 Å². The Bertz CT molecular complexity index is 2040. The van der Waals surface area contributed by atoms with Crippen LogP contribution in [0.15, 0.2) is 71.8 Å². The molecule has 3 aliphatic carbocycles. The summed E-state index contributed by atoms with van der Waals surface area (Å²) >= 11 is 0. The number of alkyl carbamates (subject to hydrolysis) is 1. The lowest BCUT2D eigenvalue weighted by Gasteiger charge is -2.64. The number of fused-ring (bicyclic) bond motifs is 5. The predicted octanol–water partition coefficient (Wildman–Crippen LogP) is 4.72. The van der Waals surface area contributed by atoms with Crippen LogP contribution in [0, 0.1) is 22.7 Å². The summed E-state index contributed by atoms with van der Waals surface area (Å²) in [6.07, 6.45) is -8.01. The molecule has 3 N–H and O–H groups in total. The zero-order chi connectivity index (χ0) is 44.2. The summed E-state index contributed by atoms with van der Waals surface area (Å²) in [6.45, 7) is 13.8. The van der Waals surface area contributed by atoms with Crippen molar-refractivity contribution < 1.29 is 67.4 Å². The topological polar surface area (TPSA) is 210 Å². The first-order chi connectivity index (χ1) is 28.0. The van der Waals surface area contributed by atoms with Gasteiger partial charge in [-0.1, -0.05) is 69.3 Å². The predicted molar refractivity (Wildman–Crippen MR) is 212 cm³/mol. The second-order valence-electron chi connectivity index (χ2n) is 18.0. The highest BCUT2D eigenvalue weighted by molar-refractivity contribution is 5.89. The van der Waals surface area contributed by atoms with E-state index >= 15 is 0 Å². The fourth-order valence-corrected chi connectivity index (χ4v) is 10.1. The first-order valence-electron chi connectivity index (χ1n) is 20.1. The van der Waals surface area contributed by atoms with E-state index in [0.29, 0.717) is 17.4 Å². The number of carbonyl (C=O) groups is 6. The molecule has 6 rings (SSSR count). The van der Waals surface area contributed by atoms with Crippen molar-refractivity contribution in [2.75, 3.05) is 6.61 Å². The van der Waals surface area contributed by atoms with Crippen molar-refractivity contribution in [3.8, 4) is 0 Å². The van der Waals surface area contributed by atoms with Crippen LogP contribution < -0.4 is 5.32 Å². The molecule has 2 bridgehead atoms. The molecular weight excluding hydrogens is 778 g/mol. The van der Waals surface area contributed by atoms with Gasteiger partial charge in [-0.3, -0.25) is 9.59 Å². The minimum Gasteiger partial charge on any atom is -0.457 e. The largest absolute Gasteiger partial charge is 0.457 e. The summed E-state index contributed by atoms with van der Waals surface area (Å²) in [7, 11) is 0. The van der Waals surface area contributed by atoms with Crippen LogP contribution in [0.4, 0.5) is 4.79 Å². The molecule has 1 saturated heterocycles. The van der Waals surface area contributed by atoms with Gasteiger partial charge in [0, 0.05) is 25.7 Å². The maximum absolute atomic E-state index is 14.3. The van der Waals surface area contributed by atoms with Gasteiger partial charge in [-0.05, 0) is 68.9 Å². The zero-order valence-electron chi connectivity index (χ0n) is 35.4. The minimum absolute atomic E-state index is 0.112. The highest BCUT2D eigenvalue weighted by Crippen LogP contribution is 2.68. The Morgan fingerprint density at radius 3 is 2.08 bits per heavy atom. The molecule has 2 aromatic rings. The van der Waals surface area contributed by atoms with Crippen molar-refractivity contribution in [3.63, 3.8) is 0 Å². The fourth-order valence-electron chi connectivity index (χ4n) is 10.1. The van der Waals surface area contributed by atoms with Crippen LogP contribution in [0.25, 0.3) is 0 Å². The fraction of sp³-hybridized carbons (Fsp3) is 0.556. The maximum Gasteiger partial charge on any atom is 0.408 e. The molecule has 1 aliphatic heterocycles. The van der Waals surface area contributed by atoms with Crippen molar-refractivity contribution in [2.24, 2.45) is 22.7 Å². The van der Waals surface area contributed by atoms with Crippen molar-refractivity contribution in [3.05, 3.63) is 82.9 Å². The zero-order valence-corrected chi connectivity index (χ0v) is 35.4. The number of hydrogen-bond donors (Lipinski definition) is 3. The van der Waals surface area contributed by atoms with Gasteiger partial charge in [0.15, 0.2) is 11.7 Å². The van der Waals surface area contributed by atoms with Gasteiger partial charge in [0.05, 0.1) is 29.5 Å². The third-order valence-electron chi connectivity index (χ3n) is 12.9. The Kier molecular flexibility index (Phi) is 11.9. The van der Waals surface area contributed by atoms with Crippen molar-refractivity contribution in [1.29, 1.82) is 0 Å². The molecule has 0 spiro atoms. The Labute approximate surface area is 349 Å². The van der Waals surface area contributed by atoms with Crippen LogP contribution >= 0.6 is 0 Å². The van der Waals surface area contributed by atoms with Crippen LogP contribution in [-0.4, -0.2) is 100 Å². The van der Waals surface area contributed by atoms with Crippen LogP contribution in [0.3, 0.4) is 0 Å². The van der Waals surface area contributed by atoms with E-state index in [0.717, 1.165) is 0 Å². The molecule has 3 fully saturated rings. The lowest BCUT2D eigenvalue weighted by atomic mass is 9.49. The van der Waals surface area contributed by atoms with Gasteiger partial charge in [-0.15, -0.1) is 0 Å². The van der Waals surface area contributed by atoms with Crippen molar-refractivity contribution in [1.82, 2.24) is 5.32 Å². The average Bonchev–Trinajstić information content (AvgIpc) is 3.19. The first kappa shape index (κ1) is 44.4. The monoisotopic (exact) mass is 833 g/mol. The lowest BCUT2D eigenvalue weighted by Crippen LogP contribution is -2.78. The molecule has 4 aliphatic rings. The number of carbonyl (C=O) groups excluding carboxylic acids is 6. The van der Waals surface area contributed by atoms with E-state index in [1.54, 1.807) is 97.0 Å². The second-order valence-corrected chi connectivity index (χ2v) is 18.0. The van der Waals surface area contributed by atoms with Crippen LogP contribution in [-0.2, 0) is 47.6 Å². The minimum atomic E-state index is -2.27. The molecule has 324 valence electrons. The Balaban J connectivity index is 1.54. The summed E-state index contributed by atoms with van der Waals surface area (Å²) in [4.78, 5) is 82.0. The molecule has 0 radical (unpaired) electrons. The molecule has 60 heavy (non-hydrogen) atoms. The molecular formula is C45H55NO14. The molecule has 1 amide bonds. The second kappa shape index (κ2) is 16.1. The highest BCUT2D eigenvalue weighted by Gasteiger charge is 2.80. The van der Waals surface area contributed by atoms with Gasteiger partial charge in [-0.2, -0.15) is 0 Å². The number of aliphatic hydroxyl groups is 2. The van der Waals surface area contributed by atoms with E-state index in [9.17, 15) is 39.0 Å². The lowest BCUT2D eigenvalue weighted by molar-refractivity contribution is -0.338. The maximum atomic E-state index is 14.3. The molecule has 11 atom stereocenters. The summed E-state index contributed by atoms with van der Waals surface area (Å²) in [5.41, 5.74) is -7.22. The van der Waals surface area contributed by atoms with E-state index in [1.807, 2.05) is 0 Å². The van der Waals surface area contributed by atoms with E-state index in [4.69, 9.17) is 28.4 Å². The molecule has 15 heteroatoms. The molecule has 1 heterocycles. The van der Waals surface area contributed by atoms with Crippen LogP contribution in [0.5, 0.6) is 0 Å². The number of hydrogen-bond acceptors (Lipinski definition) is 14.